The largest absolute Gasteiger partial charge is 0.411 e. The molecule has 0 spiro atoms. The predicted octanol–water partition coefficient (Wildman–Crippen LogP) is 4.50. The van der Waals surface area contributed by atoms with Crippen LogP contribution in [0.2, 0.25) is 0 Å². The van der Waals surface area contributed by atoms with Crippen LogP contribution in [-0.4, -0.2) is 30.1 Å². The molecule has 26 heavy (non-hydrogen) atoms. The van der Waals surface area contributed by atoms with Gasteiger partial charge in [-0.25, -0.2) is 22.2 Å². The Morgan fingerprint density at radius 1 is 0.885 bits per heavy atom. The molecule has 1 N–H and O–H groups in total. The van der Waals surface area contributed by atoms with E-state index in [2.05, 4.69) is 9.97 Å². The molecule has 134 valence electrons. The van der Waals surface area contributed by atoms with Gasteiger partial charge in [0.2, 0.25) is 5.16 Å². The van der Waals surface area contributed by atoms with Crippen LogP contribution in [0.5, 0.6) is 0 Å². The van der Waals surface area contributed by atoms with Gasteiger partial charge in [-0.2, -0.15) is 8.78 Å². The zero-order valence-corrected chi connectivity index (χ0v) is 13.7. The van der Waals surface area contributed by atoms with Gasteiger partial charge in [0.1, 0.15) is 0 Å². The van der Waals surface area contributed by atoms with E-state index in [9.17, 15) is 26.0 Å². The minimum absolute atomic E-state index is 0.128. The van der Waals surface area contributed by atoms with Crippen LogP contribution in [0.4, 0.5) is 17.6 Å². The highest BCUT2D eigenvalue weighted by Crippen LogP contribution is 2.37. The van der Waals surface area contributed by atoms with Crippen LogP contribution in [0.3, 0.4) is 0 Å². The van der Waals surface area contributed by atoms with Crippen LogP contribution >= 0.6 is 0 Å². The Balaban J connectivity index is 2.14. The van der Waals surface area contributed by atoms with E-state index in [1.54, 1.807) is 48.5 Å². The molecule has 0 atom stereocenters. The van der Waals surface area contributed by atoms with Crippen molar-refractivity contribution in [2.45, 2.75) is 16.8 Å². The highest BCUT2D eigenvalue weighted by molar-refractivity contribution is 7.92. The summed E-state index contributed by atoms with van der Waals surface area (Å²) in [7, 11) is -5.69. The molecule has 0 fully saturated rings. The number of aromatic nitrogens is 2. The second kappa shape index (κ2) is 5.41. The number of hydrogen-bond acceptors (Lipinski definition) is 3. The predicted molar refractivity (Wildman–Crippen MR) is 89.2 cm³/mol. The van der Waals surface area contributed by atoms with Crippen LogP contribution in [0.1, 0.15) is 0 Å². The number of nitrogens with zero attached hydrogens (tertiary/aromatic N) is 1. The molecular weight excluding hydrogens is 372 g/mol. The molecule has 0 aliphatic rings. The van der Waals surface area contributed by atoms with E-state index in [1.165, 1.54) is 0 Å². The fourth-order valence-corrected chi connectivity index (χ4v) is 3.92. The monoisotopic (exact) mass is 382 g/mol. The molecule has 0 aliphatic heterocycles. The number of fused-ring (bicyclic) bond motifs is 6. The Morgan fingerprint density at radius 3 is 1.96 bits per heavy atom. The molecule has 0 bridgehead atoms. The average Bonchev–Trinajstić information content (AvgIpc) is 3.08. The molecule has 1 aromatic heterocycles. The number of H-pyrrole nitrogens is 1. The van der Waals surface area contributed by atoms with Crippen molar-refractivity contribution in [1.29, 1.82) is 0 Å². The van der Waals surface area contributed by atoms with Gasteiger partial charge in [-0.05, 0) is 10.8 Å². The van der Waals surface area contributed by atoms with Crippen molar-refractivity contribution in [1.82, 2.24) is 9.97 Å². The average molecular weight is 382 g/mol. The number of hydrogen-bond donors (Lipinski definition) is 1. The summed E-state index contributed by atoms with van der Waals surface area (Å²) in [4.78, 5) is 6.07. The number of rotatable bonds is 3. The van der Waals surface area contributed by atoms with Crippen molar-refractivity contribution >= 4 is 42.4 Å². The summed E-state index contributed by atoms with van der Waals surface area (Å²) in [6.07, 6.45) is -4.37. The van der Waals surface area contributed by atoms with E-state index in [0.29, 0.717) is 10.8 Å². The molecule has 0 saturated carbocycles. The minimum Gasteiger partial charge on any atom is -0.328 e. The normalized spacial score (nSPS) is 13.3. The first-order valence-electron chi connectivity index (χ1n) is 7.45. The second-order valence-electron chi connectivity index (χ2n) is 5.72. The van der Waals surface area contributed by atoms with Crippen molar-refractivity contribution in [2.75, 3.05) is 0 Å². The molecule has 0 radical (unpaired) electrons. The van der Waals surface area contributed by atoms with E-state index in [-0.39, 0.29) is 11.0 Å². The lowest BCUT2D eigenvalue weighted by atomic mass is 10.0. The molecule has 9 heteroatoms. The maximum Gasteiger partial charge on any atom is 0.411 e. The zero-order valence-electron chi connectivity index (χ0n) is 12.9. The van der Waals surface area contributed by atoms with Crippen LogP contribution in [0.25, 0.3) is 32.6 Å². The van der Waals surface area contributed by atoms with E-state index in [4.69, 9.17) is 0 Å². The van der Waals surface area contributed by atoms with Crippen LogP contribution in [0.15, 0.2) is 53.7 Å². The lowest BCUT2D eigenvalue weighted by Crippen LogP contribution is -2.37. The van der Waals surface area contributed by atoms with Gasteiger partial charge in [-0.15, -0.1) is 0 Å². The van der Waals surface area contributed by atoms with Gasteiger partial charge in [0.25, 0.3) is 9.84 Å². The van der Waals surface area contributed by atoms with Gasteiger partial charge in [-0.1, -0.05) is 48.5 Å². The third-order valence-corrected chi connectivity index (χ3v) is 5.81. The molecule has 0 amide bonds. The topological polar surface area (TPSA) is 62.8 Å². The summed E-state index contributed by atoms with van der Waals surface area (Å²) < 4.78 is 76.3. The maximum absolute atomic E-state index is 13.6. The maximum atomic E-state index is 13.6. The van der Waals surface area contributed by atoms with Gasteiger partial charge in [-0.3, -0.25) is 0 Å². The molecule has 0 unspecified atom stereocenters. The van der Waals surface area contributed by atoms with Gasteiger partial charge in [0, 0.05) is 10.8 Å². The molecular formula is C17H10F4N2O2S. The molecule has 4 rings (SSSR count). The van der Waals surface area contributed by atoms with Gasteiger partial charge < -0.3 is 4.98 Å². The Morgan fingerprint density at radius 2 is 1.38 bits per heavy atom. The molecule has 4 nitrogen and oxygen atoms in total. The molecule has 1 heterocycles. The first-order valence-corrected chi connectivity index (χ1v) is 8.93. The number of aromatic amines is 1. The van der Waals surface area contributed by atoms with Crippen molar-refractivity contribution in [3.05, 3.63) is 48.5 Å². The number of nitrogens with one attached hydrogen (secondary N) is 1. The fraction of sp³-hybridized carbons (Fsp3) is 0.118. The Kier molecular flexibility index (Phi) is 3.49. The fourth-order valence-electron chi connectivity index (χ4n) is 2.98. The summed E-state index contributed by atoms with van der Waals surface area (Å²) >= 11 is 0. The molecule has 0 saturated heterocycles. The Labute approximate surface area is 144 Å². The molecule has 4 aromatic rings. The number of imidazole rings is 1. The van der Waals surface area contributed by atoms with Crippen molar-refractivity contribution in [3.8, 4) is 0 Å². The molecule has 0 aliphatic carbocycles. The van der Waals surface area contributed by atoms with Crippen molar-refractivity contribution in [2.24, 2.45) is 0 Å². The van der Waals surface area contributed by atoms with Crippen LogP contribution < -0.4 is 0 Å². The first-order chi connectivity index (χ1) is 12.2. The number of alkyl halides is 4. The smallest absolute Gasteiger partial charge is 0.328 e. The number of halogens is 4. The second-order valence-corrected chi connectivity index (χ2v) is 7.66. The van der Waals surface area contributed by atoms with Crippen LogP contribution in [0, 0.1) is 0 Å². The van der Waals surface area contributed by atoms with Gasteiger partial charge in [0.15, 0.2) is 0 Å². The highest BCUT2D eigenvalue weighted by Gasteiger charge is 2.56. The lowest BCUT2D eigenvalue weighted by molar-refractivity contribution is -0.0639. The number of benzene rings is 3. The standard InChI is InChI=1S/C17H10F4N2O2S/c18-15(19)17(20,21)26(24,25)16-22-13-11-7-3-1-5-9(11)10-6-2-4-8-12(10)14(13)23-16/h1-8,15H,(H,22,23). The summed E-state index contributed by atoms with van der Waals surface area (Å²) in [6.45, 7) is 0. The quantitative estimate of drug-likeness (QED) is 0.419. The summed E-state index contributed by atoms with van der Waals surface area (Å²) in [5, 5.41) is -3.85. The van der Waals surface area contributed by atoms with E-state index < -0.39 is 26.7 Å². The Hall–Kier alpha value is -2.68. The highest BCUT2D eigenvalue weighted by atomic mass is 32.2. The van der Waals surface area contributed by atoms with Gasteiger partial charge in [0.05, 0.1) is 11.0 Å². The first kappa shape index (κ1) is 16.8. The van der Waals surface area contributed by atoms with E-state index in [1.807, 2.05) is 0 Å². The Bertz CT molecular complexity index is 1190. The summed E-state index contributed by atoms with van der Waals surface area (Å²) in [6, 6.07) is 13.8. The SMILES string of the molecule is O=S(=O)(c1nc2c3ccccc3c3ccccc3c2[nH]1)C(F)(F)C(F)F. The minimum atomic E-state index is -5.69. The van der Waals surface area contributed by atoms with E-state index in [0.717, 1.165) is 10.8 Å². The zero-order chi connectivity index (χ0) is 18.7. The lowest BCUT2D eigenvalue weighted by Gasteiger charge is -2.13. The van der Waals surface area contributed by atoms with E-state index >= 15 is 0 Å². The summed E-state index contributed by atoms with van der Waals surface area (Å²) in [5.74, 6) is 0. The van der Waals surface area contributed by atoms with Crippen LogP contribution in [-0.2, 0) is 9.84 Å². The van der Waals surface area contributed by atoms with Crippen molar-refractivity contribution < 1.29 is 26.0 Å². The van der Waals surface area contributed by atoms with Crippen molar-refractivity contribution in [3.63, 3.8) is 0 Å². The number of sulfone groups is 1. The third-order valence-electron chi connectivity index (χ3n) is 4.22. The molecule has 3 aromatic carbocycles. The summed E-state index contributed by atoms with van der Waals surface area (Å²) in [5.41, 5.74) is 0.325. The third kappa shape index (κ3) is 2.13. The van der Waals surface area contributed by atoms with Gasteiger partial charge >= 0.3 is 11.7 Å².